The third-order valence-electron chi connectivity index (χ3n) is 2.62. The van der Waals surface area contributed by atoms with Gasteiger partial charge < -0.3 is 0 Å². The smallest absolute Gasteiger partial charge is 0.280 e. The van der Waals surface area contributed by atoms with E-state index in [0.29, 0.717) is 4.77 Å². The lowest BCUT2D eigenvalue weighted by molar-refractivity contribution is -0.384. The maximum Gasteiger partial charge on any atom is 0.280 e. The summed E-state index contributed by atoms with van der Waals surface area (Å²) in [6, 6.07) is 3.20. The number of nitrogens with zero attached hydrogens (tertiary/aromatic N) is 3. The zero-order chi connectivity index (χ0) is 14.2. The highest BCUT2D eigenvalue weighted by atomic mass is 32.1. The van der Waals surface area contributed by atoms with Gasteiger partial charge in [-0.05, 0) is 38.2 Å². The van der Waals surface area contributed by atoms with Gasteiger partial charge in [-0.15, -0.1) is 0 Å². The molecule has 0 saturated carbocycles. The van der Waals surface area contributed by atoms with E-state index in [1.165, 1.54) is 0 Å². The van der Waals surface area contributed by atoms with Gasteiger partial charge in [-0.2, -0.15) is 5.10 Å². The Hall–Kier alpha value is -2.09. The molecule has 0 aliphatic rings. The number of nitro groups is 1. The highest BCUT2D eigenvalue weighted by Crippen LogP contribution is 2.30. The number of hydrogen-bond donors (Lipinski definition) is 1. The predicted molar refractivity (Wildman–Crippen MR) is 69.8 cm³/mol. The molecule has 19 heavy (non-hydrogen) atoms. The number of nitrogens with one attached hydrogen (secondary N) is 1. The molecule has 1 aromatic carbocycles. The molecule has 8 heteroatoms. The zero-order valence-corrected chi connectivity index (χ0v) is 11.1. The number of nitro benzene ring substituents is 1. The molecule has 2 rings (SSSR count). The fourth-order valence-corrected chi connectivity index (χ4v) is 2.16. The molecule has 0 spiro atoms. The Morgan fingerprint density at radius 3 is 2.79 bits per heavy atom. The van der Waals surface area contributed by atoms with Gasteiger partial charge in [0.2, 0.25) is 0 Å². The molecule has 1 aromatic heterocycles. The topological polar surface area (TPSA) is 76.8 Å². The number of aromatic amines is 1. The number of halogens is 1. The van der Waals surface area contributed by atoms with E-state index in [1.807, 2.05) is 13.8 Å². The monoisotopic (exact) mass is 282 g/mol. The van der Waals surface area contributed by atoms with E-state index in [4.69, 9.17) is 12.2 Å². The Morgan fingerprint density at radius 1 is 1.53 bits per heavy atom. The summed E-state index contributed by atoms with van der Waals surface area (Å²) >= 11 is 5.07. The second kappa shape index (κ2) is 4.88. The second-order valence-corrected chi connectivity index (χ2v) is 4.62. The molecule has 100 valence electrons. The normalized spacial score (nSPS) is 10.9. The summed E-state index contributed by atoms with van der Waals surface area (Å²) < 4.78 is 15.3. The van der Waals surface area contributed by atoms with Crippen LogP contribution in [0.3, 0.4) is 0 Å². The largest absolute Gasteiger partial charge is 0.297 e. The molecule has 0 atom stereocenters. The average Bonchev–Trinajstić information content (AvgIpc) is 2.70. The van der Waals surface area contributed by atoms with E-state index in [-0.39, 0.29) is 23.1 Å². The van der Waals surface area contributed by atoms with Gasteiger partial charge in [0, 0.05) is 12.1 Å². The van der Waals surface area contributed by atoms with Gasteiger partial charge in [0.25, 0.3) is 5.69 Å². The van der Waals surface area contributed by atoms with E-state index in [1.54, 1.807) is 4.57 Å². The first-order valence-corrected chi connectivity index (χ1v) is 5.94. The molecule has 0 aliphatic heterocycles. The van der Waals surface area contributed by atoms with Crippen LogP contribution in [0.15, 0.2) is 18.2 Å². The number of aromatic nitrogens is 3. The van der Waals surface area contributed by atoms with Crippen LogP contribution in [-0.2, 0) is 0 Å². The standard InChI is InChI=1S/C11H11FN4O2S/c1-6(2)15-10(13-14-11(15)19)8-5-7(12)3-4-9(8)16(17)18/h3-6H,1-2H3,(H,14,19). The van der Waals surface area contributed by atoms with Crippen molar-refractivity contribution < 1.29 is 9.31 Å². The minimum Gasteiger partial charge on any atom is -0.297 e. The molecule has 0 unspecified atom stereocenters. The van der Waals surface area contributed by atoms with Crippen LogP contribution in [-0.4, -0.2) is 19.7 Å². The van der Waals surface area contributed by atoms with Crippen molar-refractivity contribution in [3.63, 3.8) is 0 Å². The number of H-pyrrole nitrogens is 1. The minimum absolute atomic E-state index is 0.0517. The molecular weight excluding hydrogens is 271 g/mol. The summed E-state index contributed by atoms with van der Waals surface area (Å²) in [5, 5.41) is 17.5. The van der Waals surface area contributed by atoms with Gasteiger partial charge in [0.05, 0.1) is 10.5 Å². The summed E-state index contributed by atoms with van der Waals surface area (Å²) in [5.74, 6) is -0.309. The lowest BCUT2D eigenvalue weighted by Gasteiger charge is -2.10. The lowest BCUT2D eigenvalue weighted by atomic mass is 10.1. The van der Waals surface area contributed by atoms with Crippen LogP contribution in [0.4, 0.5) is 10.1 Å². The van der Waals surface area contributed by atoms with Crippen LogP contribution in [0, 0.1) is 20.7 Å². The summed E-state index contributed by atoms with van der Waals surface area (Å²) in [4.78, 5) is 10.4. The average molecular weight is 282 g/mol. The third kappa shape index (κ3) is 2.39. The quantitative estimate of drug-likeness (QED) is 0.532. The SMILES string of the molecule is CC(C)n1c(-c2cc(F)ccc2[N+](=O)[O-])n[nH]c1=S. The molecule has 0 saturated heterocycles. The van der Waals surface area contributed by atoms with Crippen molar-refractivity contribution in [1.29, 1.82) is 0 Å². The first-order chi connectivity index (χ1) is 8.91. The summed E-state index contributed by atoms with van der Waals surface area (Å²) in [5.41, 5.74) is -0.108. The van der Waals surface area contributed by atoms with E-state index in [9.17, 15) is 14.5 Å². The van der Waals surface area contributed by atoms with Crippen molar-refractivity contribution in [1.82, 2.24) is 14.8 Å². The third-order valence-corrected chi connectivity index (χ3v) is 2.91. The Labute approximate surface area is 113 Å². The zero-order valence-electron chi connectivity index (χ0n) is 10.3. The van der Waals surface area contributed by atoms with Crippen LogP contribution in [0.2, 0.25) is 0 Å². The Kier molecular flexibility index (Phi) is 3.43. The second-order valence-electron chi connectivity index (χ2n) is 4.23. The van der Waals surface area contributed by atoms with Crippen molar-refractivity contribution in [2.75, 3.05) is 0 Å². The first-order valence-electron chi connectivity index (χ1n) is 5.53. The molecule has 0 amide bonds. The van der Waals surface area contributed by atoms with Crippen LogP contribution in [0.5, 0.6) is 0 Å². The van der Waals surface area contributed by atoms with Crippen molar-refractivity contribution in [3.05, 3.63) is 38.9 Å². The highest BCUT2D eigenvalue weighted by Gasteiger charge is 2.22. The summed E-state index contributed by atoms with van der Waals surface area (Å²) in [6.07, 6.45) is 0. The number of hydrogen-bond acceptors (Lipinski definition) is 4. The maximum absolute atomic E-state index is 13.3. The molecule has 2 aromatic rings. The summed E-state index contributed by atoms with van der Waals surface area (Å²) in [7, 11) is 0. The van der Waals surface area contributed by atoms with Crippen molar-refractivity contribution >= 4 is 17.9 Å². The van der Waals surface area contributed by atoms with E-state index in [0.717, 1.165) is 18.2 Å². The highest BCUT2D eigenvalue weighted by molar-refractivity contribution is 7.71. The molecule has 0 fully saturated rings. The van der Waals surface area contributed by atoms with Crippen LogP contribution < -0.4 is 0 Å². The Bertz CT molecular complexity index is 692. The van der Waals surface area contributed by atoms with Gasteiger partial charge >= 0.3 is 0 Å². The predicted octanol–water partition coefficient (Wildman–Crippen LogP) is 3.24. The fourth-order valence-electron chi connectivity index (χ4n) is 1.82. The van der Waals surface area contributed by atoms with Gasteiger partial charge in [-0.25, -0.2) is 4.39 Å². The molecule has 0 aliphatic carbocycles. The van der Waals surface area contributed by atoms with Gasteiger partial charge in [0.15, 0.2) is 10.6 Å². The first kappa shape index (κ1) is 13.3. The fraction of sp³-hybridized carbons (Fsp3) is 0.273. The van der Waals surface area contributed by atoms with E-state index < -0.39 is 10.7 Å². The Morgan fingerprint density at radius 2 is 2.21 bits per heavy atom. The Balaban J connectivity index is 2.75. The molecule has 6 nitrogen and oxygen atoms in total. The molecule has 0 bridgehead atoms. The number of rotatable bonds is 3. The molecule has 1 N–H and O–H groups in total. The van der Waals surface area contributed by atoms with Crippen LogP contribution in [0.1, 0.15) is 19.9 Å². The van der Waals surface area contributed by atoms with E-state index in [2.05, 4.69) is 10.2 Å². The number of benzene rings is 1. The van der Waals surface area contributed by atoms with Crippen molar-refractivity contribution in [2.45, 2.75) is 19.9 Å². The minimum atomic E-state index is -0.572. The maximum atomic E-state index is 13.3. The van der Waals surface area contributed by atoms with Crippen molar-refractivity contribution in [2.24, 2.45) is 0 Å². The van der Waals surface area contributed by atoms with Gasteiger partial charge in [-0.3, -0.25) is 19.8 Å². The van der Waals surface area contributed by atoms with Crippen molar-refractivity contribution in [3.8, 4) is 11.4 Å². The van der Waals surface area contributed by atoms with Crippen LogP contribution >= 0.6 is 12.2 Å². The lowest BCUT2D eigenvalue weighted by Crippen LogP contribution is -2.05. The molecular formula is C11H11FN4O2S. The molecule has 1 heterocycles. The molecule has 0 radical (unpaired) electrons. The summed E-state index contributed by atoms with van der Waals surface area (Å²) in [6.45, 7) is 3.72. The van der Waals surface area contributed by atoms with Crippen LogP contribution in [0.25, 0.3) is 11.4 Å². The van der Waals surface area contributed by atoms with E-state index >= 15 is 0 Å². The van der Waals surface area contributed by atoms with Gasteiger partial charge in [-0.1, -0.05) is 0 Å². The van der Waals surface area contributed by atoms with Gasteiger partial charge in [0.1, 0.15) is 5.82 Å².